The summed E-state index contributed by atoms with van der Waals surface area (Å²) < 4.78 is 5.20. The normalized spacial score (nSPS) is 19.8. The van der Waals surface area contributed by atoms with E-state index in [2.05, 4.69) is 0 Å². The largest absolute Gasteiger partial charge is 0.441 e. The SMILES string of the molecule is CC(=O)OC1CC(=O)N1c1ccc(CN2C(=O)[C@](O)([C@H](C)/C=C/CC(=O)N(CCO)Cc3ccccc3)c3ccccc32)cc1. The van der Waals surface area contributed by atoms with Crippen LogP contribution in [0.4, 0.5) is 11.4 Å². The minimum Gasteiger partial charge on any atom is -0.441 e. The number of anilines is 2. The van der Waals surface area contributed by atoms with Crippen molar-refractivity contribution < 1.29 is 34.1 Å². The fourth-order valence-electron chi connectivity index (χ4n) is 5.84. The lowest BCUT2D eigenvalue weighted by atomic mass is 9.83. The Bertz CT molecular complexity index is 1590. The minimum atomic E-state index is -1.84. The number of amides is 3. The third-order valence-electron chi connectivity index (χ3n) is 8.25. The van der Waals surface area contributed by atoms with E-state index in [0.29, 0.717) is 23.5 Å². The highest BCUT2D eigenvalue weighted by Crippen LogP contribution is 2.45. The maximum atomic E-state index is 13.9. The van der Waals surface area contributed by atoms with Crippen LogP contribution in [0.5, 0.6) is 0 Å². The molecule has 0 aromatic heterocycles. The Balaban J connectivity index is 1.28. The smallest absolute Gasteiger partial charge is 0.304 e. The summed E-state index contributed by atoms with van der Waals surface area (Å²) in [6.07, 6.45) is 2.91. The average molecular weight is 612 g/mol. The molecule has 2 aliphatic rings. The second-order valence-corrected chi connectivity index (χ2v) is 11.3. The van der Waals surface area contributed by atoms with Gasteiger partial charge in [-0.15, -0.1) is 0 Å². The molecule has 234 valence electrons. The Hall–Kier alpha value is -4.80. The number of esters is 1. The van der Waals surface area contributed by atoms with Crippen LogP contribution in [0.3, 0.4) is 0 Å². The third kappa shape index (κ3) is 6.52. The Morgan fingerprint density at radius 2 is 1.71 bits per heavy atom. The summed E-state index contributed by atoms with van der Waals surface area (Å²) in [4.78, 5) is 54.9. The van der Waals surface area contributed by atoms with Crippen molar-refractivity contribution in [3.8, 4) is 0 Å². The Labute approximate surface area is 262 Å². The second kappa shape index (κ2) is 13.5. The summed E-state index contributed by atoms with van der Waals surface area (Å²) in [7, 11) is 0. The van der Waals surface area contributed by atoms with Crippen molar-refractivity contribution in [2.24, 2.45) is 5.92 Å². The molecule has 1 unspecified atom stereocenters. The van der Waals surface area contributed by atoms with E-state index in [0.717, 1.165) is 11.1 Å². The molecule has 0 bridgehead atoms. The van der Waals surface area contributed by atoms with Gasteiger partial charge in [-0.05, 0) is 29.3 Å². The molecule has 0 saturated carbocycles. The fraction of sp³-hybridized carbons (Fsp3) is 0.314. The predicted octanol–water partition coefficient (Wildman–Crippen LogP) is 3.65. The number of fused-ring (bicyclic) bond motifs is 1. The molecule has 2 heterocycles. The first kappa shape index (κ1) is 31.6. The van der Waals surface area contributed by atoms with Crippen molar-refractivity contribution >= 4 is 35.1 Å². The van der Waals surface area contributed by atoms with Crippen molar-refractivity contribution in [1.82, 2.24) is 4.90 Å². The summed E-state index contributed by atoms with van der Waals surface area (Å²) in [5.41, 5.74) is 1.55. The van der Waals surface area contributed by atoms with E-state index in [1.807, 2.05) is 30.3 Å². The van der Waals surface area contributed by atoms with Crippen molar-refractivity contribution in [3.63, 3.8) is 0 Å². The van der Waals surface area contributed by atoms with Crippen molar-refractivity contribution in [2.75, 3.05) is 23.0 Å². The number of hydrogen-bond donors (Lipinski definition) is 2. The van der Waals surface area contributed by atoms with Crippen LogP contribution >= 0.6 is 0 Å². The highest BCUT2D eigenvalue weighted by molar-refractivity contribution is 6.07. The number of benzene rings is 3. The van der Waals surface area contributed by atoms with E-state index in [4.69, 9.17) is 4.74 Å². The second-order valence-electron chi connectivity index (χ2n) is 11.3. The maximum Gasteiger partial charge on any atom is 0.304 e. The van der Waals surface area contributed by atoms with E-state index in [1.165, 1.54) is 11.8 Å². The van der Waals surface area contributed by atoms with Crippen molar-refractivity contribution in [2.45, 2.75) is 51.6 Å². The molecular weight excluding hydrogens is 574 g/mol. The number of β-lactam (4-membered cyclic amide) rings is 1. The Kier molecular flexibility index (Phi) is 9.45. The zero-order chi connectivity index (χ0) is 32.1. The number of ether oxygens (including phenoxy) is 1. The lowest BCUT2D eigenvalue weighted by molar-refractivity contribution is -0.154. The van der Waals surface area contributed by atoms with E-state index in [-0.39, 0.29) is 44.4 Å². The molecule has 1 saturated heterocycles. The third-order valence-corrected chi connectivity index (χ3v) is 8.25. The summed E-state index contributed by atoms with van der Waals surface area (Å²) >= 11 is 0. The highest BCUT2D eigenvalue weighted by Gasteiger charge is 2.52. The van der Waals surface area contributed by atoms with Gasteiger partial charge in [-0.3, -0.25) is 24.1 Å². The first-order valence-electron chi connectivity index (χ1n) is 14.9. The number of nitrogens with zero attached hydrogens (tertiary/aromatic N) is 3. The van der Waals surface area contributed by atoms with Crippen LogP contribution in [0, 0.1) is 5.92 Å². The summed E-state index contributed by atoms with van der Waals surface area (Å²) in [6, 6.07) is 23.7. The lowest BCUT2D eigenvalue weighted by Crippen LogP contribution is -2.54. The number of aliphatic hydroxyl groups excluding tert-OH is 1. The van der Waals surface area contributed by atoms with Gasteiger partial charge in [-0.25, -0.2) is 0 Å². The van der Waals surface area contributed by atoms with Gasteiger partial charge in [0, 0.05) is 43.6 Å². The monoisotopic (exact) mass is 611 g/mol. The molecule has 2 aliphatic heterocycles. The molecule has 2 N–H and O–H groups in total. The quantitative estimate of drug-likeness (QED) is 0.182. The molecule has 0 aliphatic carbocycles. The van der Waals surface area contributed by atoms with Crippen LogP contribution in [0.1, 0.15) is 43.4 Å². The van der Waals surface area contributed by atoms with Gasteiger partial charge in [-0.1, -0.05) is 79.7 Å². The molecule has 3 atom stereocenters. The topological polar surface area (TPSA) is 128 Å². The molecule has 5 rings (SSSR count). The molecule has 0 spiro atoms. The number of carbonyl (C=O) groups is 4. The van der Waals surface area contributed by atoms with Gasteiger partial charge in [-0.2, -0.15) is 0 Å². The van der Waals surface area contributed by atoms with Gasteiger partial charge in [0.2, 0.25) is 11.8 Å². The molecule has 3 aromatic carbocycles. The zero-order valence-electron chi connectivity index (χ0n) is 25.3. The van der Waals surface area contributed by atoms with Crippen LogP contribution in [0.15, 0.2) is 91.0 Å². The van der Waals surface area contributed by atoms with E-state index in [1.54, 1.807) is 77.4 Å². The molecule has 10 nitrogen and oxygen atoms in total. The van der Waals surface area contributed by atoms with Crippen molar-refractivity contribution in [1.29, 1.82) is 0 Å². The maximum absolute atomic E-state index is 13.9. The highest BCUT2D eigenvalue weighted by atomic mass is 16.6. The molecule has 1 fully saturated rings. The lowest BCUT2D eigenvalue weighted by Gasteiger charge is -2.39. The zero-order valence-corrected chi connectivity index (χ0v) is 25.3. The number of aliphatic hydroxyl groups is 2. The van der Waals surface area contributed by atoms with Gasteiger partial charge in [0.1, 0.15) is 0 Å². The van der Waals surface area contributed by atoms with Crippen LogP contribution in [-0.2, 0) is 42.6 Å². The minimum absolute atomic E-state index is 0.0526. The van der Waals surface area contributed by atoms with Crippen LogP contribution in [-0.4, -0.2) is 58.2 Å². The molecule has 3 aromatic rings. The van der Waals surface area contributed by atoms with Gasteiger partial charge >= 0.3 is 5.97 Å². The van der Waals surface area contributed by atoms with Crippen LogP contribution < -0.4 is 9.80 Å². The van der Waals surface area contributed by atoms with Crippen LogP contribution in [0.25, 0.3) is 0 Å². The van der Waals surface area contributed by atoms with Gasteiger partial charge < -0.3 is 24.7 Å². The molecule has 0 radical (unpaired) electrons. The first-order valence-corrected chi connectivity index (χ1v) is 14.9. The first-order chi connectivity index (χ1) is 21.6. The van der Waals surface area contributed by atoms with E-state index in [9.17, 15) is 29.4 Å². The number of para-hydroxylation sites is 1. The average Bonchev–Trinajstić information content (AvgIpc) is 3.24. The summed E-state index contributed by atoms with van der Waals surface area (Å²) in [5.74, 6) is -1.91. The Morgan fingerprint density at radius 1 is 1.02 bits per heavy atom. The van der Waals surface area contributed by atoms with Gasteiger partial charge in [0.05, 0.1) is 25.3 Å². The summed E-state index contributed by atoms with van der Waals surface area (Å²) in [6.45, 7) is 3.64. The number of hydrogen-bond acceptors (Lipinski definition) is 7. The van der Waals surface area contributed by atoms with Gasteiger partial charge in [0.15, 0.2) is 11.8 Å². The molecule has 3 amide bonds. The van der Waals surface area contributed by atoms with E-state index >= 15 is 0 Å². The number of carbonyl (C=O) groups excluding carboxylic acids is 4. The van der Waals surface area contributed by atoms with Crippen LogP contribution in [0.2, 0.25) is 0 Å². The van der Waals surface area contributed by atoms with E-state index < -0.39 is 29.6 Å². The predicted molar refractivity (Wildman–Crippen MR) is 167 cm³/mol. The fourth-order valence-corrected chi connectivity index (χ4v) is 5.84. The summed E-state index contributed by atoms with van der Waals surface area (Å²) in [5, 5.41) is 21.4. The van der Waals surface area contributed by atoms with Gasteiger partial charge in [0.25, 0.3) is 5.91 Å². The van der Waals surface area contributed by atoms with Crippen molar-refractivity contribution in [3.05, 3.63) is 108 Å². The molecular formula is C35H37N3O7. The molecule has 45 heavy (non-hydrogen) atoms. The molecule has 10 heteroatoms. The standard InChI is InChI=1S/C35H37N3O7/c1-24(9-8-14-31(41)36(19-20-39)22-26-10-4-3-5-11-26)35(44)29-12-6-7-13-30(29)37(34(35)43)23-27-15-17-28(18-16-27)38-32(42)21-33(38)45-25(2)40/h3-13,15-18,24,33,39,44H,14,19-23H2,1-2H3/b9-8+/t24-,33?,35+/m1/s1. The number of rotatable bonds is 12. The Morgan fingerprint density at radius 3 is 2.38 bits per heavy atom.